The van der Waals surface area contributed by atoms with Gasteiger partial charge in [-0.05, 0) is 49.4 Å². The van der Waals surface area contributed by atoms with E-state index in [9.17, 15) is 18.4 Å². The van der Waals surface area contributed by atoms with E-state index in [4.69, 9.17) is 16.3 Å². The average molecular weight is 512 g/mol. The third-order valence-electron chi connectivity index (χ3n) is 5.18. The first kappa shape index (κ1) is 24.7. The van der Waals surface area contributed by atoms with Crippen molar-refractivity contribution in [2.24, 2.45) is 0 Å². The fraction of sp³-hybridized carbons (Fsp3) is 0.0800. The highest BCUT2D eigenvalue weighted by Gasteiger charge is 2.22. The van der Waals surface area contributed by atoms with Crippen LogP contribution in [0.3, 0.4) is 0 Å². The van der Waals surface area contributed by atoms with Crippen LogP contribution >= 0.6 is 11.6 Å². The Morgan fingerprint density at radius 3 is 2.28 bits per heavy atom. The van der Waals surface area contributed by atoms with Crippen LogP contribution in [0.2, 0.25) is 5.02 Å². The SMILES string of the molecule is CN/C(C)=C(\C(=O)Nc1ccc(F)cc1)C(=O)Nc1ccc(Oc2ccnn3ccc(Cl)c23)c(F)c1. The van der Waals surface area contributed by atoms with Gasteiger partial charge in [0, 0.05) is 42.4 Å². The molecule has 4 rings (SSSR count). The smallest absolute Gasteiger partial charge is 0.263 e. The molecule has 2 amide bonds. The van der Waals surface area contributed by atoms with Gasteiger partial charge in [-0.25, -0.2) is 13.3 Å². The Balaban J connectivity index is 1.52. The molecular weight excluding hydrogens is 492 g/mol. The van der Waals surface area contributed by atoms with Crippen molar-refractivity contribution in [1.29, 1.82) is 0 Å². The molecule has 3 N–H and O–H groups in total. The molecule has 0 fully saturated rings. The first-order chi connectivity index (χ1) is 17.3. The van der Waals surface area contributed by atoms with Gasteiger partial charge in [0.2, 0.25) is 0 Å². The van der Waals surface area contributed by atoms with Crippen LogP contribution in [0.1, 0.15) is 6.92 Å². The zero-order valence-corrected chi connectivity index (χ0v) is 19.9. The number of nitrogens with zero attached hydrogens (tertiary/aromatic N) is 2. The second kappa shape index (κ2) is 10.4. The largest absolute Gasteiger partial charge is 0.452 e. The highest BCUT2D eigenvalue weighted by Crippen LogP contribution is 2.33. The van der Waals surface area contributed by atoms with Crippen molar-refractivity contribution >= 4 is 40.3 Å². The predicted octanol–water partition coefficient (Wildman–Crippen LogP) is 5.13. The van der Waals surface area contributed by atoms with E-state index in [0.29, 0.717) is 22.0 Å². The van der Waals surface area contributed by atoms with Crippen molar-refractivity contribution in [2.45, 2.75) is 6.92 Å². The molecule has 184 valence electrons. The number of hydrogen-bond acceptors (Lipinski definition) is 5. The lowest BCUT2D eigenvalue weighted by Crippen LogP contribution is -2.29. The van der Waals surface area contributed by atoms with Gasteiger partial charge in [0.05, 0.1) is 11.2 Å². The van der Waals surface area contributed by atoms with Crippen LogP contribution in [0.15, 0.2) is 78.3 Å². The molecule has 0 saturated heterocycles. The van der Waals surface area contributed by atoms with Crippen LogP contribution in [0.5, 0.6) is 11.5 Å². The summed E-state index contributed by atoms with van der Waals surface area (Å²) < 4.78 is 35.2. The quantitative estimate of drug-likeness (QED) is 0.182. The third kappa shape index (κ3) is 5.28. The second-order valence-electron chi connectivity index (χ2n) is 7.56. The summed E-state index contributed by atoms with van der Waals surface area (Å²) in [4.78, 5) is 25.7. The Kier molecular flexibility index (Phi) is 7.16. The Hall–Kier alpha value is -4.44. The third-order valence-corrected chi connectivity index (χ3v) is 5.49. The molecule has 0 saturated carbocycles. The molecule has 2 heterocycles. The number of carbonyl (C=O) groups is 2. The average Bonchev–Trinajstić information content (AvgIpc) is 3.24. The molecule has 36 heavy (non-hydrogen) atoms. The van der Waals surface area contributed by atoms with Crippen LogP contribution in [0.25, 0.3) is 5.52 Å². The summed E-state index contributed by atoms with van der Waals surface area (Å²) in [5.41, 5.74) is 0.918. The molecule has 4 aromatic rings. The maximum atomic E-state index is 14.9. The lowest BCUT2D eigenvalue weighted by atomic mass is 10.1. The molecule has 2 aromatic carbocycles. The van der Waals surface area contributed by atoms with Crippen molar-refractivity contribution in [3.05, 3.63) is 94.9 Å². The topological polar surface area (TPSA) is 96.8 Å². The molecule has 0 aliphatic carbocycles. The van der Waals surface area contributed by atoms with Gasteiger partial charge in [-0.15, -0.1) is 0 Å². The number of benzene rings is 2. The van der Waals surface area contributed by atoms with Crippen LogP contribution < -0.4 is 20.7 Å². The number of rotatable bonds is 7. The number of fused-ring (bicyclic) bond motifs is 1. The van der Waals surface area contributed by atoms with Crippen LogP contribution in [0.4, 0.5) is 20.2 Å². The fourth-order valence-corrected chi connectivity index (χ4v) is 3.56. The molecular formula is C25H20ClF2N5O3. The summed E-state index contributed by atoms with van der Waals surface area (Å²) in [5.74, 6) is -2.52. The number of hydrogen-bond donors (Lipinski definition) is 3. The van der Waals surface area contributed by atoms with Crippen molar-refractivity contribution in [1.82, 2.24) is 14.9 Å². The summed E-state index contributed by atoms with van der Waals surface area (Å²) in [6.07, 6.45) is 3.13. The molecule has 0 spiro atoms. The van der Waals surface area contributed by atoms with Gasteiger partial charge in [-0.3, -0.25) is 9.59 Å². The minimum atomic E-state index is -0.773. The summed E-state index contributed by atoms with van der Waals surface area (Å²) >= 11 is 6.18. The van der Waals surface area contributed by atoms with Gasteiger partial charge < -0.3 is 20.7 Å². The number of ether oxygens (including phenoxy) is 1. The summed E-state index contributed by atoms with van der Waals surface area (Å²) in [6, 6.07) is 12.1. The van der Waals surface area contributed by atoms with Crippen molar-refractivity contribution in [3.63, 3.8) is 0 Å². The minimum Gasteiger partial charge on any atom is -0.452 e. The molecule has 11 heteroatoms. The molecule has 0 atom stereocenters. The minimum absolute atomic E-state index is 0.0985. The van der Waals surface area contributed by atoms with Crippen LogP contribution in [-0.4, -0.2) is 28.5 Å². The van der Waals surface area contributed by atoms with Crippen LogP contribution in [-0.2, 0) is 9.59 Å². The first-order valence-corrected chi connectivity index (χ1v) is 11.0. The van der Waals surface area contributed by atoms with E-state index in [-0.39, 0.29) is 22.7 Å². The molecule has 0 aliphatic rings. The van der Waals surface area contributed by atoms with E-state index in [1.165, 1.54) is 47.1 Å². The lowest BCUT2D eigenvalue weighted by molar-refractivity contribution is -0.118. The van der Waals surface area contributed by atoms with Gasteiger partial charge in [-0.2, -0.15) is 5.10 Å². The Labute approximate surface area is 209 Å². The number of halogens is 3. The van der Waals surface area contributed by atoms with Crippen molar-refractivity contribution in [2.75, 3.05) is 17.7 Å². The number of allylic oxidation sites excluding steroid dienone is 1. The highest BCUT2D eigenvalue weighted by atomic mass is 35.5. The monoisotopic (exact) mass is 511 g/mol. The van der Waals surface area contributed by atoms with Gasteiger partial charge in [-0.1, -0.05) is 11.6 Å². The van der Waals surface area contributed by atoms with E-state index < -0.39 is 23.4 Å². The second-order valence-corrected chi connectivity index (χ2v) is 7.97. The summed E-state index contributed by atoms with van der Waals surface area (Å²) in [5, 5.41) is 12.3. The maximum absolute atomic E-state index is 14.9. The number of amides is 2. The normalized spacial score (nSPS) is 11.6. The zero-order chi connectivity index (χ0) is 25.8. The standard InChI is InChI=1S/C25H20ClF2N5O3/c1-14(29-2)22(24(34)31-16-5-3-15(27)4-6-16)25(35)32-17-7-8-20(19(28)13-17)36-21-9-11-30-33-12-10-18(26)23(21)33/h3-13,29H,1-2H3,(H,31,34)(H,32,35)/b22-14+. The Morgan fingerprint density at radius 2 is 1.61 bits per heavy atom. The number of carbonyl (C=O) groups excluding carboxylic acids is 2. The van der Waals surface area contributed by atoms with E-state index in [1.807, 2.05) is 0 Å². The molecule has 0 bridgehead atoms. The van der Waals surface area contributed by atoms with Crippen LogP contribution in [0, 0.1) is 11.6 Å². The van der Waals surface area contributed by atoms with E-state index in [1.54, 1.807) is 32.3 Å². The number of anilines is 2. The van der Waals surface area contributed by atoms with Gasteiger partial charge in [0.1, 0.15) is 16.9 Å². The first-order valence-electron chi connectivity index (χ1n) is 10.6. The summed E-state index contributed by atoms with van der Waals surface area (Å²) in [6.45, 7) is 1.54. The number of nitrogens with one attached hydrogen (secondary N) is 3. The van der Waals surface area contributed by atoms with Gasteiger partial charge >= 0.3 is 0 Å². The maximum Gasteiger partial charge on any atom is 0.263 e. The summed E-state index contributed by atoms with van der Waals surface area (Å²) in [7, 11) is 1.55. The van der Waals surface area contributed by atoms with Crippen molar-refractivity contribution < 1.29 is 23.1 Å². The molecule has 8 nitrogen and oxygen atoms in total. The lowest BCUT2D eigenvalue weighted by Gasteiger charge is -2.14. The van der Waals surface area contributed by atoms with Crippen molar-refractivity contribution in [3.8, 4) is 11.5 Å². The van der Waals surface area contributed by atoms with E-state index in [0.717, 1.165) is 6.07 Å². The molecule has 2 aromatic heterocycles. The zero-order valence-electron chi connectivity index (χ0n) is 19.1. The molecule has 0 aliphatic heterocycles. The Morgan fingerprint density at radius 1 is 0.944 bits per heavy atom. The fourth-order valence-electron chi connectivity index (χ4n) is 3.33. The molecule has 0 radical (unpaired) electrons. The number of aromatic nitrogens is 2. The van der Waals surface area contributed by atoms with Gasteiger partial charge in [0.15, 0.2) is 17.3 Å². The van der Waals surface area contributed by atoms with E-state index >= 15 is 0 Å². The van der Waals surface area contributed by atoms with E-state index in [2.05, 4.69) is 21.0 Å². The molecule has 0 unspecified atom stereocenters. The van der Waals surface area contributed by atoms with Gasteiger partial charge in [0.25, 0.3) is 11.8 Å². The predicted molar refractivity (Wildman–Crippen MR) is 132 cm³/mol. The Bertz CT molecular complexity index is 1490. The highest BCUT2D eigenvalue weighted by molar-refractivity contribution is 6.34.